The van der Waals surface area contributed by atoms with Crippen molar-refractivity contribution in [3.63, 3.8) is 0 Å². The summed E-state index contributed by atoms with van der Waals surface area (Å²) in [5.74, 6) is 0.698. The second-order valence-corrected chi connectivity index (χ2v) is 7.72. The molecule has 4 rings (SSSR count). The van der Waals surface area contributed by atoms with Crippen molar-refractivity contribution in [1.82, 2.24) is 14.7 Å². The molecule has 2 heterocycles. The van der Waals surface area contributed by atoms with Crippen molar-refractivity contribution in [2.75, 3.05) is 38.2 Å². The van der Waals surface area contributed by atoms with Gasteiger partial charge < -0.3 is 14.1 Å². The highest BCUT2D eigenvalue weighted by Gasteiger charge is 2.21. The minimum Gasteiger partial charge on any atom is -0.497 e. The van der Waals surface area contributed by atoms with Gasteiger partial charge in [-0.15, -0.1) is 5.10 Å². The van der Waals surface area contributed by atoms with Crippen molar-refractivity contribution in [3.05, 3.63) is 58.7 Å². The molecular formula is C22H23FN4O3S. The molecule has 31 heavy (non-hydrogen) atoms. The summed E-state index contributed by atoms with van der Waals surface area (Å²) in [5.41, 5.74) is 1.72. The van der Waals surface area contributed by atoms with Crippen LogP contribution in [0.1, 0.15) is 17.3 Å². The molecule has 2 aromatic carbocycles. The number of anilines is 1. The Morgan fingerprint density at radius 1 is 1.16 bits per heavy atom. The quantitative estimate of drug-likeness (QED) is 0.422. The number of ether oxygens (including phenoxy) is 1. The third kappa shape index (κ3) is 4.67. The topological polar surface area (TPSA) is 63.7 Å². The standard InChI is InChI=1S/C22H23FN4O3S/c1-15(28)17-5-8-20(19(23)13-17)26-11-9-25(10-12-26)14-27-22(31)30-21(24-27)16-3-6-18(29-2)7-4-16/h3-8,13H,9-12,14H2,1-2H3. The van der Waals surface area contributed by atoms with Gasteiger partial charge >= 0.3 is 0 Å². The lowest BCUT2D eigenvalue weighted by atomic mass is 10.1. The molecular weight excluding hydrogens is 419 g/mol. The van der Waals surface area contributed by atoms with Crippen LogP contribution < -0.4 is 9.64 Å². The lowest BCUT2D eigenvalue weighted by molar-refractivity contribution is 0.101. The Kier molecular flexibility index (Phi) is 6.15. The lowest BCUT2D eigenvalue weighted by Gasteiger charge is -2.35. The molecule has 0 bridgehead atoms. The largest absolute Gasteiger partial charge is 0.497 e. The number of methoxy groups -OCH3 is 1. The first kappa shape index (κ1) is 21.2. The molecule has 3 aromatic rings. The first-order valence-electron chi connectivity index (χ1n) is 9.95. The maximum atomic E-state index is 14.4. The van der Waals surface area contributed by atoms with Crippen LogP contribution in [0.15, 0.2) is 46.9 Å². The maximum absolute atomic E-state index is 14.4. The fourth-order valence-corrected chi connectivity index (χ4v) is 3.73. The summed E-state index contributed by atoms with van der Waals surface area (Å²) in [7, 11) is 1.62. The molecule has 1 fully saturated rings. The van der Waals surface area contributed by atoms with Crippen LogP contribution >= 0.6 is 12.2 Å². The normalized spacial score (nSPS) is 14.6. The number of carbonyl (C=O) groups excluding carboxylic acids is 1. The van der Waals surface area contributed by atoms with E-state index in [0.717, 1.165) is 24.4 Å². The third-order valence-electron chi connectivity index (χ3n) is 5.34. The van der Waals surface area contributed by atoms with Crippen LogP contribution in [-0.4, -0.2) is 53.8 Å². The van der Waals surface area contributed by atoms with Gasteiger partial charge in [0, 0.05) is 37.3 Å². The Balaban J connectivity index is 1.39. The number of ketones is 1. The van der Waals surface area contributed by atoms with Crippen LogP contribution in [0.25, 0.3) is 11.5 Å². The second-order valence-electron chi connectivity index (χ2n) is 7.37. The minimum absolute atomic E-state index is 0.145. The number of aromatic nitrogens is 2. The molecule has 9 heteroatoms. The molecule has 1 aromatic heterocycles. The molecule has 0 aliphatic carbocycles. The Hall–Kier alpha value is -3.04. The van der Waals surface area contributed by atoms with Gasteiger partial charge in [0.05, 0.1) is 19.5 Å². The van der Waals surface area contributed by atoms with E-state index in [-0.39, 0.29) is 11.6 Å². The van der Waals surface area contributed by atoms with E-state index < -0.39 is 0 Å². The zero-order valence-electron chi connectivity index (χ0n) is 17.4. The van der Waals surface area contributed by atoms with Crippen LogP contribution in [0.3, 0.4) is 0 Å². The molecule has 0 amide bonds. The van der Waals surface area contributed by atoms with Crippen LogP contribution in [-0.2, 0) is 6.67 Å². The van der Waals surface area contributed by atoms with E-state index in [0.29, 0.717) is 41.7 Å². The Morgan fingerprint density at radius 3 is 2.48 bits per heavy atom. The van der Waals surface area contributed by atoms with E-state index in [1.165, 1.54) is 13.0 Å². The Morgan fingerprint density at radius 2 is 1.87 bits per heavy atom. The Bertz CT molecular complexity index is 1130. The molecule has 0 saturated carbocycles. The zero-order chi connectivity index (χ0) is 22.0. The van der Waals surface area contributed by atoms with Crippen molar-refractivity contribution in [2.45, 2.75) is 13.6 Å². The number of hydrogen-bond acceptors (Lipinski definition) is 7. The highest BCUT2D eigenvalue weighted by molar-refractivity contribution is 7.71. The van der Waals surface area contributed by atoms with Crippen molar-refractivity contribution < 1.29 is 18.3 Å². The maximum Gasteiger partial charge on any atom is 0.288 e. The number of rotatable bonds is 6. The fourth-order valence-electron chi connectivity index (χ4n) is 3.55. The average Bonchev–Trinajstić information content (AvgIpc) is 3.14. The number of hydrogen-bond donors (Lipinski definition) is 0. The monoisotopic (exact) mass is 442 g/mol. The molecule has 1 aliphatic heterocycles. The van der Waals surface area contributed by atoms with E-state index in [1.54, 1.807) is 23.9 Å². The van der Waals surface area contributed by atoms with Crippen molar-refractivity contribution in [3.8, 4) is 17.2 Å². The predicted octanol–water partition coefficient (Wildman–Crippen LogP) is 4.00. The van der Waals surface area contributed by atoms with E-state index in [1.807, 2.05) is 29.2 Å². The molecule has 0 N–H and O–H groups in total. The van der Waals surface area contributed by atoms with Gasteiger partial charge in [-0.1, -0.05) is 0 Å². The van der Waals surface area contributed by atoms with E-state index >= 15 is 0 Å². The van der Waals surface area contributed by atoms with Crippen LogP contribution in [0.2, 0.25) is 0 Å². The minimum atomic E-state index is -0.371. The van der Waals surface area contributed by atoms with Gasteiger partial charge in [0.25, 0.3) is 4.84 Å². The first-order chi connectivity index (χ1) is 14.9. The number of nitrogens with zero attached hydrogens (tertiary/aromatic N) is 4. The summed E-state index contributed by atoms with van der Waals surface area (Å²) in [6.45, 7) is 4.70. The number of carbonyl (C=O) groups is 1. The summed E-state index contributed by atoms with van der Waals surface area (Å²) >= 11 is 5.33. The van der Waals surface area contributed by atoms with E-state index in [2.05, 4.69) is 10.00 Å². The van der Waals surface area contributed by atoms with Gasteiger partial charge in [-0.2, -0.15) is 0 Å². The molecule has 0 spiro atoms. The smallest absolute Gasteiger partial charge is 0.288 e. The Labute approximate surface area is 184 Å². The summed E-state index contributed by atoms with van der Waals surface area (Å²) in [6, 6.07) is 12.1. The van der Waals surface area contributed by atoms with E-state index in [9.17, 15) is 9.18 Å². The van der Waals surface area contributed by atoms with Crippen molar-refractivity contribution >= 4 is 23.7 Å². The highest BCUT2D eigenvalue weighted by Crippen LogP contribution is 2.24. The number of Topliss-reactive ketones (excluding diaryl/α,β-unsaturated/α-hetero) is 1. The fraction of sp³-hybridized carbons (Fsp3) is 0.318. The average molecular weight is 443 g/mol. The summed E-state index contributed by atoms with van der Waals surface area (Å²) in [4.78, 5) is 15.9. The summed E-state index contributed by atoms with van der Waals surface area (Å²) in [5, 5.41) is 4.50. The first-order valence-corrected chi connectivity index (χ1v) is 10.4. The molecule has 0 radical (unpaired) electrons. The lowest BCUT2D eigenvalue weighted by Crippen LogP contribution is -2.47. The van der Waals surface area contributed by atoms with E-state index in [4.69, 9.17) is 21.4 Å². The van der Waals surface area contributed by atoms with Crippen molar-refractivity contribution in [1.29, 1.82) is 0 Å². The number of benzene rings is 2. The molecule has 7 nitrogen and oxygen atoms in total. The third-order valence-corrected chi connectivity index (χ3v) is 5.64. The highest BCUT2D eigenvalue weighted by atomic mass is 32.1. The molecule has 1 saturated heterocycles. The van der Waals surface area contributed by atoms with Gasteiger partial charge in [0.15, 0.2) is 5.78 Å². The molecule has 1 aliphatic rings. The van der Waals surface area contributed by atoms with Gasteiger partial charge in [-0.25, -0.2) is 9.07 Å². The van der Waals surface area contributed by atoms with Crippen LogP contribution in [0.4, 0.5) is 10.1 Å². The molecule has 162 valence electrons. The summed E-state index contributed by atoms with van der Waals surface area (Å²) < 4.78 is 26.9. The van der Waals surface area contributed by atoms with Crippen molar-refractivity contribution in [2.24, 2.45) is 0 Å². The molecule has 0 unspecified atom stereocenters. The zero-order valence-corrected chi connectivity index (χ0v) is 18.2. The van der Waals surface area contributed by atoms with Crippen LogP contribution in [0.5, 0.6) is 5.75 Å². The van der Waals surface area contributed by atoms with Gasteiger partial charge in [-0.3, -0.25) is 9.69 Å². The van der Waals surface area contributed by atoms with Crippen LogP contribution in [0, 0.1) is 10.7 Å². The number of piperazine rings is 1. The SMILES string of the molecule is COc1ccc(-c2nn(CN3CCN(c4ccc(C(C)=O)cc4F)CC3)c(=S)o2)cc1. The predicted molar refractivity (Wildman–Crippen MR) is 118 cm³/mol. The second kappa shape index (κ2) is 8.99. The van der Waals surface area contributed by atoms with Gasteiger partial charge in [0.2, 0.25) is 5.89 Å². The summed E-state index contributed by atoms with van der Waals surface area (Å²) in [6.07, 6.45) is 0. The number of halogens is 1. The molecule has 0 atom stereocenters. The van der Waals surface area contributed by atoms with Gasteiger partial charge in [-0.05, 0) is 61.6 Å². The van der Waals surface area contributed by atoms with Gasteiger partial charge in [0.1, 0.15) is 11.6 Å².